The molecule has 2 rings (SSSR count). The quantitative estimate of drug-likeness (QED) is 0.824. The molecule has 0 saturated carbocycles. The molecular formula is C17H20N2O5S2. The summed E-state index contributed by atoms with van der Waals surface area (Å²) in [7, 11) is -5.61. The zero-order valence-electron chi connectivity index (χ0n) is 14.6. The second-order valence-electron chi connectivity index (χ2n) is 6.01. The molecule has 2 N–H and O–H groups in total. The van der Waals surface area contributed by atoms with Gasteiger partial charge >= 0.3 is 0 Å². The number of benzene rings is 2. The van der Waals surface area contributed by atoms with Crippen molar-refractivity contribution in [3.63, 3.8) is 0 Å². The third kappa shape index (κ3) is 4.48. The summed E-state index contributed by atoms with van der Waals surface area (Å²) in [6.45, 7) is 1.78. The Morgan fingerprint density at radius 2 is 1.58 bits per heavy atom. The minimum Gasteiger partial charge on any atom is -0.335 e. The number of nitrogens with two attached hydrogens (primary N) is 1. The van der Waals surface area contributed by atoms with E-state index in [1.54, 1.807) is 32.2 Å². The van der Waals surface area contributed by atoms with Gasteiger partial charge in [-0.25, -0.2) is 22.0 Å². The first-order chi connectivity index (χ1) is 11.9. The van der Waals surface area contributed by atoms with Gasteiger partial charge in [0.15, 0.2) is 9.84 Å². The van der Waals surface area contributed by atoms with Gasteiger partial charge in [-0.2, -0.15) is 0 Å². The van der Waals surface area contributed by atoms with Crippen LogP contribution in [0, 0.1) is 0 Å². The van der Waals surface area contributed by atoms with E-state index in [1.165, 1.54) is 35.2 Å². The first kappa shape index (κ1) is 20.1. The van der Waals surface area contributed by atoms with Crippen LogP contribution in [0.2, 0.25) is 0 Å². The number of sulfonamides is 1. The summed E-state index contributed by atoms with van der Waals surface area (Å²) in [6.07, 6.45) is 1.08. The van der Waals surface area contributed by atoms with E-state index in [-0.39, 0.29) is 27.3 Å². The predicted octanol–water partition coefficient (Wildman–Crippen LogP) is 1.57. The normalized spacial score (nSPS) is 13.2. The molecule has 26 heavy (non-hydrogen) atoms. The summed E-state index contributed by atoms with van der Waals surface area (Å²) in [5, 5.41) is 5.07. The Balaban J connectivity index is 2.28. The number of amides is 1. The van der Waals surface area contributed by atoms with Gasteiger partial charge in [-0.15, -0.1) is 0 Å². The molecule has 1 atom stereocenters. The van der Waals surface area contributed by atoms with Gasteiger partial charge in [0.1, 0.15) is 0 Å². The van der Waals surface area contributed by atoms with Crippen LogP contribution in [-0.2, 0) is 19.9 Å². The van der Waals surface area contributed by atoms with Crippen molar-refractivity contribution in [2.45, 2.75) is 22.8 Å². The van der Waals surface area contributed by atoms with Gasteiger partial charge < -0.3 is 4.90 Å². The second kappa shape index (κ2) is 7.18. The van der Waals surface area contributed by atoms with Gasteiger partial charge in [0, 0.05) is 18.9 Å². The van der Waals surface area contributed by atoms with Crippen LogP contribution >= 0.6 is 0 Å². The molecule has 0 spiro atoms. The lowest BCUT2D eigenvalue weighted by molar-refractivity contribution is 0.0742. The van der Waals surface area contributed by atoms with Crippen molar-refractivity contribution < 1.29 is 21.6 Å². The third-order valence-electron chi connectivity index (χ3n) is 4.10. The summed E-state index contributed by atoms with van der Waals surface area (Å²) in [5.74, 6) is -0.349. The fourth-order valence-corrected chi connectivity index (χ4v) is 3.58. The van der Waals surface area contributed by atoms with E-state index >= 15 is 0 Å². The number of hydrogen-bond donors (Lipinski definition) is 1. The summed E-state index contributed by atoms with van der Waals surface area (Å²) in [6, 6.07) is 11.4. The fraction of sp³-hybridized carbons (Fsp3) is 0.235. The maximum atomic E-state index is 12.7. The third-order valence-corrected chi connectivity index (χ3v) is 6.14. The Labute approximate surface area is 153 Å². The van der Waals surface area contributed by atoms with Crippen molar-refractivity contribution >= 4 is 25.8 Å². The molecule has 1 amide bonds. The number of hydrogen-bond acceptors (Lipinski definition) is 5. The fourth-order valence-electron chi connectivity index (χ4n) is 2.40. The summed E-state index contributed by atoms with van der Waals surface area (Å²) < 4.78 is 46.0. The van der Waals surface area contributed by atoms with Crippen LogP contribution in [0.3, 0.4) is 0 Å². The molecule has 7 nitrogen and oxygen atoms in total. The smallest absolute Gasteiger partial charge is 0.254 e. The Kier molecular flexibility index (Phi) is 5.55. The molecule has 2 aromatic rings. The number of carbonyl (C=O) groups excluding carboxylic acids is 1. The average Bonchev–Trinajstić information content (AvgIpc) is 2.58. The first-order valence-electron chi connectivity index (χ1n) is 7.61. The van der Waals surface area contributed by atoms with E-state index in [2.05, 4.69) is 0 Å². The van der Waals surface area contributed by atoms with Crippen LogP contribution in [0.4, 0.5) is 0 Å². The van der Waals surface area contributed by atoms with E-state index in [0.29, 0.717) is 5.56 Å². The zero-order valence-corrected chi connectivity index (χ0v) is 16.2. The van der Waals surface area contributed by atoms with Gasteiger partial charge in [0.05, 0.1) is 15.8 Å². The van der Waals surface area contributed by atoms with E-state index < -0.39 is 19.9 Å². The zero-order chi connectivity index (χ0) is 19.7. The Bertz CT molecular complexity index is 1030. The molecule has 0 aliphatic heterocycles. The number of nitrogens with zero attached hydrogens (tertiary/aromatic N) is 1. The molecule has 140 valence electrons. The Morgan fingerprint density at radius 1 is 1.00 bits per heavy atom. The SMILES string of the molecule is CC(c1ccc(S(N)(=O)=O)cc1)N(C)C(=O)c1cccc(S(C)(=O)=O)c1. The minimum atomic E-state index is -3.78. The molecule has 0 aliphatic carbocycles. The molecule has 2 aromatic carbocycles. The summed E-state index contributed by atoms with van der Waals surface area (Å²) in [4.78, 5) is 14.2. The van der Waals surface area contributed by atoms with E-state index in [1.807, 2.05) is 0 Å². The van der Waals surface area contributed by atoms with Crippen LogP contribution in [0.25, 0.3) is 0 Å². The largest absolute Gasteiger partial charge is 0.335 e. The highest BCUT2D eigenvalue weighted by molar-refractivity contribution is 7.90. The second-order valence-corrected chi connectivity index (χ2v) is 9.58. The lowest BCUT2D eigenvalue weighted by Crippen LogP contribution is -2.29. The van der Waals surface area contributed by atoms with Crippen molar-refractivity contribution in [2.75, 3.05) is 13.3 Å². The van der Waals surface area contributed by atoms with Gasteiger partial charge in [0.2, 0.25) is 10.0 Å². The van der Waals surface area contributed by atoms with Gasteiger partial charge in [-0.3, -0.25) is 4.79 Å². The van der Waals surface area contributed by atoms with Crippen LogP contribution in [0.5, 0.6) is 0 Å². The summed E-state index contributed by atoms with van der Waals surface area (Å²) in [5.41, 5.74) is 0.968. The minimum absolute atomic E-state index is 0.0108. The first-order valence-corrected chi connectivity index (χ1v) is 11.0. The molecule has 0 fully saturated rings. The molecule has 0 aliphatic rings. The van der Waals surface area contributed by atoms with E-state index in [9.17, 15) is 21.6 Å². The maximum absolute atomic E-state index is 12.7. The Hall–Kier alpha value is -2.23. The van der Waals surface area contributed by atoms with Crippen molar-refractivity contribution in [3.8, 4) is 0 Å². The molecule has 0 radical (unpaired) electrons. The van der Waals surface area contributed by atoms with E-state index in [4.69, 9.17) is 5.14 Å². The van der Waals surface area contributed by atoms with Crippen molar-refractivity contribution in [1.82, 2.24) is 4.90 Å². The molecular weight excluding hydrogens is 376 g/mol. The van der Waals surface area contributed by atoms with Crippen LogP contribution < -0.4 is 5.14 Å². The topological polar surface area (TPSA) is 115 Å². The molecule has 0 heterocycles. The lowest BCUT2D eigenvalue weighted by atomic mass is 10.1. The number of carbonyl (C=O) groups is 1. The van der Waals surface area contributed by atoms with Gasteiger partial charge in [-0.1, -0.05) is 18.2 Å². The highest BCUT2D eigenvalue weighted by Crippen LogP contribution is 2.23. The standard InChI is InChI=1S/C17H20N2O5S2/c1-12(13-7-9-15(10-8-13)26(18,23)24)19(2)17(20)14-5-4-6-16(11-14)25(3,21)22/h4-12H,1-3H3,(H2,18,23,24). The van der Waals surface area contributed by atoms with Crippen LogP contribution in [0.15, 0.2) is 58.3 Å². The molecule has 9 heteroatoms. The number of primary sulfonamides is 1. The highest BCUT2D eigenvalue weighted by Gasteiger charge is 2.21. The van der Waals surface area contributed by atoms with Gasteiger partial charge in [0.25, 0.3) is 5.91 Å². The predicted molar refractivity (Wildman–Crippen MR) is 97.9 cm³/mol. The number of rotatable bonds is 5. The van der Waals surface area contributed by atoms with Crippen molar-refractivity contribution in [2.24, 2.45) is 5.14 Å². The van der Waals surface area contributed by atoms with E-state index in [0.717, 1.165) is 6.26 Å². The lowest BCUT2D eigenvalue weighted by Gasteiger charge is -2.25. The maximum Gasteiger partial charge on any atom is 0.254 e. The van der Waals surface area contributed by atoms with Gasteiger partial charge in [-0.05, 0) is 42.8 Å². The average molecular weight is 396 g/mol. The van der Waals surface area contributed by atoms with Crippen LogP contribution in [-0.4, -0.2) is 40.9 Å². The molecule has 1 unspecified atom stereocenters. The van der Waals surface area contributed by atoms with Crippen LogP contribution in [0.1, 0.15) is 28.9 Å². The number of sulfone groups is 1. The molecule has 0 aromatic heterocycles. The Morgan fingerprint density at radius 3 is 2.08 bits per heavy atom. The molecule has 0 bridgehead atoms. The highest BCUT2D eigenvalue weighted by atomic mass is 32.2. The summed E-state index contributed by atoms with van der Waals surface area (Å²) >= 11 is 0. The molecule has 0 saturated heterocycles. The van der Waals surface area contributed by atoms with Crippen molar-refractivity contribution in [1.29, 1.82) is 0 Å². The van der Waals surface area contributed by atoms with Crippen molar-refractivity contribution in [3.05, 3.63) is 59.7 Å². The monoisotopic (exact) mass is 396 g/mol.